The highest BCUT2D eigenvalue weighted by Crippen LogP contribution is 2.14. The zero-order chi connectivity index (χ0) is 14.7. The number of ether oxygens (including phenoxy) is 1. The molecule has 0 saturated carbocycles. The second-order valence-electron chi connectivity index (χ2n) is 4.60. The number of carboxylic acid groups (broad SMARTS) is 1. The van der Waals surface area contributed by atoms with E-state index in [1.54, 1.807) is 12.1 Å². The van der Waals surface area contributed by atoms with E-state index in [1.165, 1.54) is 12.1 Å². The van der Waals surface area contributed by atoms with Crippen molar-refractivity contribution < 1.29 is 14.6 Å². The summed E-state index contributed by atoms with van der Waals surface area (Å²) in [6, 6.07) is 14.4. The molecule has 5 nitrogen and oxygen atoms in total. The van der Waals surface area contributed by atoms with Crippen molar-refractivity contribution in [2.45, 2.75) is 6.54 Å². The van der Waals surface area contributed by atoms with Crippen LogP contribution in [0, 0.1) is 0 Å². The van der Waals surface area contributed by atoms with Crippen molar-refractivity contribution in [2.24, 2.45) is 0 Å². The van der Waals surface area contributed by atoms with Crippen LogP contribution in [-0.4, -0.2) is 27.5 Å². The van der Waals surface area contributed by atoms with E-state index in [2.05, 4.69) is 5.10 Å². The van der Waals surface area contributed by atoms with Gasteiger partial charge in [0.05, 0.1) is 23.8 Å². The van der Waals surface area contributed by atoms with Crippen LogP contribution < -0.4 is 4.74 Å². The van der Waals surface area contributed by atoms with Crippen LogP contribution in [0.15, 0.2) is 54.7 Å². The molecule has 0 unspecified atom stereocenters. The van der Waals surface area contributed by atoms with Gasteiger partial charge in [0.15, 0.2) is 0 Å². The van der Waals surface area contributed by atoms with Crippen LogP contribution in [-0.2, 0) is 6.54 Å². The molecule has 21 heavy (non-hydrogen) atoms. The molecule has 0 aliphatic rings. The van der Waals surface area contributed by atoms with Gasteiger partial charge < -0.3 is 9.84 Å². The second kappa shape index (κ2) is 5.66. The van der Waals surface area contributed by atoms with Crippen LogP contribution in [0.2, 0.25) is 0 Å². The summed E-state index contributed by atoms with van der Waals surface area (Å²) in [6.07, 6.45) is 1.83. The maximum Gasteiger partial charge on any atom is 0.335 e. The second-order valence-corrected chi connectivity index (χ2v) is 4.60. The molecule has 3 aromatic rings. The minimum Gasteiger partial charge on any atom is -0.492 e. The quantitative estimate of drug-likeness (QED) is 0.781. The smallest absolute Gasteiger partial charge is 0.335 e. The molecule has 0 spiro atoms. The highest BCUT2D eigenvalue weighted by atomic mass is 16.5. The predicted molar refractivity (Wildman–Crippen MR) is 78.6 cm³/mol. The summed E-state index contributed by atoms with van der Waals surface area (Å²) < 4.78 is 7.50. The lowest BCUT2D eigenvalue weighted by Crippen LogP contribution is -2.09. The Morgan fingerprint density at radius 2 is 1.90 bits per heavy atom. The predicted octanol–water partition coefficient (Wildman–Crippen LogP) is 2.81. The summed E-state index contributed by atoms with van der Waals surface area (Å²) in [4.78, 5) is 10.8. The first-order valence-corrected chi connectivity index (χ1v) is 6.61. The van der Waals surface area contributed by atoms with Crippen LogP contribution >= 0.6 is 0 Å². The van der Waals surface area contributed by atoms with Crippen LogP contribution in [0.4, 0.5) is 0 Å². The number of para-hydroxylation sites is 1. The Kier molecular flexibility index (Phi) is 3.55. The Morgan fingerprint density at radius 3 is 2.67 bits per heavy atom. The molecule has 1 N–H and O–H groups in total. The number of aromatic nitrogens is 2. The Balaban J connectivity index is 1.62. The van der Waals surface area contributed by atoms with Gasteiger partial charge in [0.2, 0.25) is 0 Å². The monoisotopic (exact) mass is 282 g/mol. The molecule has 0 fully saturated rings. The number of carboxylic acids is 1. The molecule has 0 aliphatic carbocycles. The molecule has 0 atom stereocenters. The normalized spacial score (nSPS) is 10.7. The summed E-state index contributed by atoms with van der Waals surface area (Å²) >= 11 is 0. The van der Waals surface area contributed by atoms with Crippen molar-refractivity contribution in [1.29, 1.82) is 0 Å². The summed E-state index contributed by atoms with van der Waals surface area (Å²) in [5.41, 5.74) is 1.32. The van der Waals surface area contributed by atoms with Gasteiger partial charge in [-0.3, -0.25) is 4.68 Å². The van der Waals surface area contributed by atoms with E-state index in [0.29, 0.717) is 18.9 Å². The topological polar surface area (TPSA) is 64.3 Å². The molecule has 106 valence electrons. The molecule has 0 radical (unpaired) electrons. The Morgan fingerprint density at radius 1 is 1.14 bits per heavy atom. The van der Waals surface area contributed by atoms with Crippen molar-refractivity contribution in [3.63, 3.8) is 0 Å². The Bertz CT molecular complexity index is 763. The molecule has 1 heterocycles. The summed E-state index contributed by atoms with van der Waals surface area (Å²) in [5, 5.41) is 14.2. The van der Waals surface area contributed by atoms with Gasteiger partial charge in [0.25, 0.3) is 0 Å². The lowest BCUT2D eigenvalue weighted by molar-refractivity contribution is 0.0697. The average molecular weight is 282 g/mol. The largest absolute Gasteiger partial charge is 0.492 e. The summed E-state index contributed by atoms with van der Waals surface area (Å²) in [7, 11) is 0. The van der Waals surface area contributed by atoms with Gasteiger partial charge in [-0.1, -0.05) is 18.2 Å². The molecule has 1 aromatic heterocycles. The average Bonchev–Trinajstić information content (AvgIpc) is 2.91. The molecule has 0 amide bonds. The minimum atomic E-state index is -0.940. The van der Waals surface area contributed by atoms with Crippen LogP contribution in [0.1, 0.15) is 10.4 Å². The van der Waals surface area contributed by atoms with E-state index >= 15 is 0 Å². The van der Waals surface area contributed by atoms with E-state index < -0.39 is 5.97 Å². The maximum atomic E-state index is 10.8. The number of rotatable bonds is 5. The molecule has 0 aliphatic heterocycles. The van der Waals surface area contributed by atoms with E-state index in [1.807, 2.05) is 35.1 Å². The zero-order valence-corrected chi connectivity index (χ0v) is 11.3. The molecular weight excluding hydrogens is 268 g/mol. The number of carbonyl (C=O) groups is 1. The highest BCUT2D eigenvalue weighted by Gasteiger charge is 2.03. The molecular formula is C16H14N2O3. The van der Waals surface area contributed by atoms with Crippen LogP contribution in [0.3, 0.4) is 0 Å². The lowest BCUT2D eigenvalue weighted by atomic mass is 10.2. The fraction of sp³-hybridized carbons (Fsp3) is 0.125. The SMILES string of the molecule is O=C(O)c1ccc(OCCn2ncc3ccccc32)cc1. The first-order valence-electron chi connectivity index (χ1n) is 6.61. The van der Waals surface area contributed by atoms with Gasteiger partial charge in [-0.05, 0) is 30.3 Å². The molecule has 0 saturated heterocycles. The van der Waals surface area contributed by atoms with Gasteiger partial charge in [-0.25, -0.2) is 4.79 Å². The first kappa shape index (κ1) is 13.2. The number of fused-ring (bicyclic) bond motifs is 1. The first-order chi connectivity index (χ1) is 10.2. The lowest BCUT2D eigenvalue weighted by Gasteiger charge is -2.07. The molecule has 5 heteroatoms. The van der Waals surface area contributed by atoms with Crippen LogP contribution in [0.25, 0.3) is 10.9 Å². The van der Waals surface area contributed by atoms with Gasteiger partial charge in [-0.2, -0.15) is 5.10 Å². The minimum absolute atomic E-state index is 0.250. The van der Waals surface area contributed by atoms with E-state index in [0.717, 1.165) is 10.9 Å². The maximum absolute atomic E-state index is 10.8. The summed E-state index contributed by atoms with van der Waals surface area (Å²) in [5.74, 6) is -0.291. The van der Waals surface area contributed by atoms with Gasteiger partial charge in [-0.15, -0.1) is 0 Å². The van der Waals surface area contributed by atoms with Gasteiger partial charge >= 0.3 is 5.97 Å². The van der Waals surface area contributed by atoms with Crippen molar-refractivity contribution >= 4 is 16.9 Å². The third-order valence-electron chi connectivity index (χ3n) is 3.22. The van der Waals surface area contributed by atoms with Gasteiger partial charge in [0, 0.05) is 5.39 Å². The number of hydrogen-bond donors (Lipinski definition) is 1. The zero-order valence-electron chi connectivity index (χ0n) is 11.3. The number of benzene rings is 2. The van der Waals surface area contributed by atoms with Crippen molar-refractivity contribution in [3.05, 3.63) is 60.3 Å². The fourth-order valence-corrected chi connectivity index (χ4v) is 2.15. The third-order valence-corrected chi connectivity index (χ3v) is 3.22. The highest BCUT2D eigenvalue weighted by molar-refractivity contribution is 5.87. The van der Waals surface area contributed by atoms with Crippen LogP contribution in [0.5, 0.6) is 5.75 Å². The number of nitrogens with zero attached hydrogens (tertiary/aromatic N) is 2. The summed E-state index contributed by atoms with van der Waals surface area (Å²) in [6.45, 7) is 1.10. The third kappa shape index (κ3) is 2.86. The standard InChI is InChI=1S/C16H14N2O3/c19-16(20)12-5-7-14(8-6-12)21-10-9-18-15-4-2-1-3-13(15)11-17-18/h1-8,11H,9-10H2,(H,19,20). The fourth-order valence-electron chi connectivity index (χ4n) is 2.15. The Labute approximate surface area is 121 Å². The van der Waals surface area contributed by atoms with Crippen molar-refractivity contribution in [2.75, 3.05) is 6.61 Å². The van der Waals surface area contributed by atoms with Gasteiger partial charge in [0.1, 0.15) is 12.4 Å². The van der Waals surface area contributed by atoms with E-state index in [-0.39, 0.29) is 5.56 Å². The molecule has 0 bridgehead atoms. The van der Waals surface area contributed by atoms with E-state index in [4.69, 9.17) is 9.84 Å². The molecule has 2 aromatic carbocycles. The van der Waals surface area contributed by atoms with Crippen molar-refractivity contribution in [1.82, 2.24) is 9.78 Å². The number of hydrogen-bond acceptors (Lipinski definition) is 3. The van der Waals surface area contributed by atoms with Crippen molar-refractivity contribution in [3.8, 4) is 5.75 Å². The Hall–Kier alpha value is -2.82. The van der Waals surface area contributed by atoms with E-state index in [9.17, 15) is 4.79 Å². The molecule has 3 rings (SSSR count). The number of aromatic carboxylic acids is 1.